The van der Waals surface area contributed by atoms with E-state index in [-0.39, 0.29) is 17.4 Å². The lowest BCUT2D eigenvalue weighted by Crippen LogP contribution is -2.49. The minimum Gasteiger partial charge on any atom is -0.302 e. The third-order valence-corrected chi connectivity index (χ3v) is 2.97. The molecule has 3 rings (SSSR count). The molecule has 3 aliphatic heterocycles. The smallest absolute Gasteiger partial charge is 0.251 e. The van der Waals surface area contributed by atoms with Crippen LogP contribution in [0.1, 0.15) is 6.42 Å². The molecule has 13 heavy (non-hydrogen) atoms. The fourth-order valence-corrected chi connectivity index (χ4v) is 2.32. The molecule has 3 aliphatic rings. The van der Waals surface area contributed by atoms with Crippen LogP contribution in [-0.2, 0) is 4.79 Å². The van der Waals surface area contributed by atoms with E-state index in [4.69, 9.17) is 0 Å². The molecule has 2 unspecified atom stereocenters. The van der Waals surface area contributed by atoms with E-state index in [9.17, 15) is 4.79 Å². The van der Waals surface area contributed by atoms with Gasteiger partial charge >= 0.3 is 0 Å². The van der Waals surface area contributed by atoms with Crippen LogP contribution in [0.5, 0.6) is 0 Å². The van der Waals surface area contributed by atoms with Gasteiger partial charge in [0.1, 0.15) is 0 Å². The van der Waals surface area contributed by atoms with E-state index < -0.39 is 0 Å². The minimum atomic E-state index is -0.307. The number of carbonyl (C=O) groups is 1. The van der Waals surface area contributed by atoms with Gasteiger partial charge in [-0.3, -0.25) is 9.79 Å². The van der Waals surface area contributed by atoms with Gasteiger partial charge in [-0.25, -0.2) is 4.99 Å². The van der Waals surface area contributed by atoms with Crippen molar-refractivity contribution in [3.05, 3.63) is 12.3 Å². The molecule has 3 heterocycles. The average Bonchev–Trinajstić information content (AvgIpc) is 2.62. The second-order valence-corrected chi connectivity index (χ2v) is 3.57. The minimum absolute atomic E-state index is 0.00185. The van der Waals surface area contributed by atoms with Crippen LogP contribution < -0.4 is 5.32 Å². The van der Waals surface area contributed by atoms with Crippen LogP contribution >= 0.6 is 0 Å². The van der Waals surface area contributed by atoms with Crippen LogP contribution in [0.3, 0.4) is 0 Å². The summed E-state index contributed by atoms with van der Waals surface area (Å²) in [6.45, 7) is 0.883. The van der Waals surface area contributed by atoms with E-state index in [1.165, 1.54) is 0 Å². The molecule has 0 aromatic rings. The van der Waals surface area contributed by atoms with E-state index in [0.29, 0.717) is 0 Å². The summed E-state index contributed by atoms with van der Waals surface area (Å²) in [6, 6.07) is 0. The molecule has 1 N–H and O–H groups in total. The monoisotopic (exact) mass is 175 g/mol. The zero-order valence-electron chi connectivity index (χ0n) is 7.03. The Labute approximate surface area is 75.5 Å². The molecule has 0 aliphatic carbocycles. The Balaban J connectivity index is 2.18. The third-order valence-electron chi connectivity index (χ3n) is 2.97. The maximum atomic E-state index is 11.5. The predicted octanol–water partition coefficient (Wildman–Crippen LogP) is -0.0860. The molecule has 0 bridgehead atoms. The molecular formula is C9H9N3O. The van der Waals surface area contributed by atoms with Crippen molar-refractivity contribution >= 4 is 17.8 Å². The highest BCUT2D eigenvalue weighted by Crippen LogP contribution is 2.36. The second kappa shape index (κ2) is 2.14. The molecule has 1 spiro atoms. The van der Waals surface area contributed by atoms with Crippen molar-refractivity contribution < 1.29 is 4.79 Å². The van der Waals surface area contributed by atoms with Gasteiger partial charge in [-0.15, -0.1) is 0 Å². The molecule has 0 radical (unpaired) electrons. The maximum Gasteiger partial charge on any atom is 0.251 e. The summed E-state index contributed by atoms with van der Waals surface area (Å²) < 4.78 is 0. The third kappa shape index (κ3) is 0.715. The Bertz CT molecular complexity index is 369. The fraction of sp³-hybridized carbons (Fsp3) is 0.444. The first-order valence-corrected chi connectivity index (χ1v) is 4.42. The quantitative estimate of drug-likeness (QED) is 0.559. The number of hydrogen-bond donors (Lipinski definition) is 1. The molecule has 1 fully saturated rings. The Morgan fingerprint density at radius 3 is 3.46 bits per heavy atom. The SMILES string of the molecule is O=C1N=C2C=NC=CC23NCCC13. The van der Waals surface area contributed by atoms with Gasteiger partial charge in [0.2, 0.25) is 0 Å². The van der Waals surface area contributed by atoms with E-state index in [2.05, 4.69) is 15.3 Å². The van der Waals surface area contributed by atoms with Gasteiger partial charge in [0.05, 0.1) is 23.4 Å². The molecule has 1 amide bonds. The molecular weight excluding hydrogens is 166 g/mol. The summed E-state index contributed by atoms with van der Waals surface area (Å²) in [5.41, 5.74) is 0.473. The van der Waals surface area contributed by atoms with Crippen LogP contribution in [-0.4, -0.2) is 29.9 Å². The van der Waals surface area contributed by atoms with E-state index in [1.807, 2.05) is 6.08 Å². The van der Waals surface area contributed by atoms with Gasteiger partial charge in [0.15, 0.2) is 0 Å². The molecule has 0 saturated carbocycles. The Morgan fingerprint density at radius 2 is 2.54 bits per heavy atom. The molecule has 4 heteroatoms. The molecule has 66 valence electrons. The molecule has 0 aromatic carbocycles. The Kier molecular flexibility index (Phi) is 1.18. The lowest BCUT2D eigenvalue weighted by molar-refractivity contribution is -0.120. The molecule has 4 nitrogen and oxygen atoms in total. The number of nitrogens with zero attached hydrogens (tertiary/aromatic N) is 2. The molecule has 1 saturated heterocycles. The zero-order valence-corrected chi connectivity index (χ0v) is 7.03. The van der Waals surface area contributed by atoms with Crippen molar-refractivity contribution in [1.82, 2.24) is 5.32 Å². The Hall–Kier alpha value is -1.29. The standard InChI is InChI=1S/C9H9N3O/c13-8-6-1-3-11-9(6)2-4-10-5-7(9)12-8/h2,4-6,11H,1,3H2. The van der Waals surface area contributed by atoms with Crippen LogP contribution in [0.15, 0.2) is 22.3 Å². The lowest BCUT2D eigenvalue weighted by Gasteiger charge is -2.26. The van der Waals surface area contributed by atoms with Crippen molar-refractivity contribution in [2.75, 3.05) is 6.54 Å². The summed E-state index contributed by atoms with van der Waals surface area (Å²) in [5.74, 6) is 0.00324. The van der Waals surface area contributed by atoms with Gasteiger partial charge < -0.3 is 5.32 Å². The van der Waals surface area contributed by atoms with Crippen molar-refractivity contribution in [1.29, 1.82) is 0 Å². The summed E-state index contributed by atoms with van der Waals surface area (Å²) in [6.07, 6.45) is 6.25. The number of hydrogen-bond acceptors (Lipinski definition) is 3. The van der Waals surface area contributed by atoms with Gasteiger partial charge in [0, 0.05) is 6.20 Å². The first kappa shape index (κ1) is 7.15. The maximum absolute atomic E-state index is 11.5. The number of aliphatic imine (C=N–C) groups is 2. The van der Waals surface area contributed by atoms with E-state index in [0.717, 1.165) is 18.7 Å². The number of nitrogens with one attached hydrogen (secondary N) is 1. The van der Waals surface area contributed by atoms with Crippen LogP contribution in [0.4, 0.5) is 0 Å². The van der Waals surface area contributed by atoms with Crippen LogP contribution in [0, 0.1) is 5.92 Å². The first-order chi connectivity index (χ1) is 6.33. The topological polar surface area (TPSA) is 53.8 Å². The lowest BCUT2D eigenvalue weighted by atomic mass is 9.83. The highest BCUT2D eigenvalue weighted by molar-refractivity contribution is 6.41. The van der Waals surface area contributed by atoms with Gasteiger partial charge in [-0.2, -0.15) is 0 Å². The summed E-state index contributed by atoms with van der Waals surface area (Å²) in [5, 5.41) is 3.33. The van der Waals surface area contributed by atoms with Crippen molar-refractivity contribution in [2.24, 2.45) is 15.9 Å². The summed E-state index contributed by atoms with van der Waals surface area (Å²) in [7, 11) is 0. The van der Waals surface area contributed by atoms with Gasteiger partial charge in [-0.1, -0.05) is 0 Å². The zero-order chi connectivity index (χ0) is 8.89. The fourth-order valence-electron chi connectivity index (χ4n) is 2.32. The normalized spacial score (nSPS) is 40.5. The predicted molar refractivity (Wildman–Crippen MR) is 48.9 cm³/mol. The molecule has 2 atom stereocenters. The highest BCUT2D eigenvalue weighted by Gasteiger charge is 2.53. The Morgan fingerprint density at radius 1 is 1.62 bits per heavy atom. The number of carbonyl (C=O) groups excluding carboxylic acids is 1. The summed E-state index contributed by atoms with van der Waals surface area (Å²) >= 11 is 0. The van der Waals surface area contributed by atoms with Gasteiger partial charge in [-0.05, 0) is 19.0 Å². The van der Waals surface area contributed by atoms with Crippen molar-refractivity contribution in [3.63, 3.8) is 0 Å². The largest absolute Gasteiger partial charge is 0.302 e. The van der Waals surface area contributed by atoms with E-state index in [1.54, 1.807) is 12.4 Å². The number of rotatable bonds is 0. The first-order valence-electron chi connectivity index (χ1n) is 4.42. The van der Waals surface area contributed by atoms with Crippen LogP contribution in [0.2, 0.25) is 0 Å². The van der Waals surface area contributed by atoms with Crippen molar-refractivity contribution in [3.8, 4) is 0 Å². The number of amides is 1. The van der Waals surface area contributed by atoms with Crippen molar-refractivity contribution in [2.45, 2.75) is 12.0 Å². The average molecular weight is 175 g/mol. The summed E-state index contributed by atoms with van der Waals surface area (Å²) in [4.78, 5) is 19.5. The van der Waals surface area contributed by atoms with Gasteiger partial charge in [0.25, 0.3) is 5.91 Å². The highest BCUT2D eigenvalue weighted by atomic mass is 16.1. The second-order valence-electron chi connectivity index (χ2n) is 3.57. The van der Waals surface area contributed by atoms with E-state index >= 15 is 0 Å². The van der Waals surface area contributed by atoms with Crippen LogP contribution in [0.25, 0.3) is 0 Å². The molecule has 0 aromatic heterocycles.